The molecule has 2 rings (SSSR count). The average Bonchev–Trinajstić information content (AvgIpc) is 2.95. The minimum atomic E-state index is -3.54. The lowest BCUT2D eigenvalue weighted by molar-refractivity contribution is 0.282. The molecule has 0 saturated carbocycles. The van der Waals surface area contributed by atoms with Crippen LogP contribution < -0.4 is 4.72 Å². The molecule has 2 aromatic heterocycles. The number of aliphatic hydroxyl groups excluding tert-OH is 1. The number of sulfonamides is 1. The summed E-state index contributed by atoms with van der Waals surface area (Å²) >= 11 is 1.08. The van der Waals surface area contributed by atoms with Crippen molar-refractivity contribution in [2.75, 3.05) is 0 Å². The first-order valence-electron chi connectivity index (χ1n) is 5.24. The summed E-state index contributed by atoms with van der Waals surface area (Å²) in [5.41, 5.74) is 0.592. The molecule has 0 radical (unpaired) electrons. The van der Waals surface area contributed by atoms with E-state index in [-0.39, 0.29) is 17.4 Å². The highest BCUT2D eigenvalue weighted by molar-refractivity contribution is 7.91. The van der Waals surface area contributed by atoms with Gasteiger partial charge in [0.25, 0.3) is 0 Å². The molecule has 2 N–H and O–H groups in total. The summed E-state index contributed by atoms with van der Waals surface area (Å²) in [4.78, 5) is 0. The van der Waals surface area contributed by atoms with Crippen LogP contribution in [0.1, 0.15) is 17.1 Å². The third-order valence-corrected chi connectivity index (χ3v) is 5.20. The molecule has 0 aliphatic carbocycles. The van der Waals surface area contributed by atoms with Crippen molar-refractivity contribution in [1.82, 2.24) is 4.72 Å². The van der Waals surface area contributed by atoms with Crippen molar-refractivity contribution in [2.24, 2.45) is 0 Å². The number of rotatable bonds is 5. The normalized spacial score (nSPS) is 11.9. The lowest BCUT2D eigenvalue weighted by Gasteiger charge is -2.02. The van der Waals surface area contributed by atoms with E-state index < -0.39 is 10.0 Å². The number of aryl methyl sites for hydroxylation is 1. The van der Waals surface area contributed by atoms with Gasteiger partial charge in [0.2, 0.25) is 10.0 Å². The Bertz CT molecular complexity index is 627. The van der Waals surface area contributed by atoms with Gasteiger partial charge in [-0.05, 0) is 36.1 Å². The number of hydrogen-bond donors (Lipinski definition) is 2. The molecule has 2 heterocycles. The second kappa shape index (κ2) is 5.23. The first-order valence-corrected chi connectivity index (χ1v) is 7.61. The van der Waals surface area contributed by atoms with Crippen LogP contribution in [0.5, 0.6) is 0 Å². The van der Waals surface area contributed by atoms with Crippen LogP contribution in [0.25, 0.3) is 0 Å². The molecule has 0 aliphatic rings. The Kier molecular flexibility index (Phi) is 3.86. The van der Waals surface area contributed by atoms with Crippen LogP contribution in [0.4, 0.5) is 0 Å². The number of nitrogens with one attached hydrogen (secondary N) is 1. The third-order valence-electron chi connectivity index (χ3n) is 2.31. The van der Waals surface area contributed by atoms with Gasteiger partial charge in [-0.25, -0.2) is 13.1 Å². The van der Waals surface area contributed by atoms with Crippen molar-refractivity contribution in [1.29, 1.82) is 0 Å². The van der Waals surface area contributed by atoms with Crippen LogP contribution in [-0.4, -0.2) is 13.5 Å². The Labute approximate surface area is 109 Å². The van der Waals surface area contributed by atoms with Crippen molar-refractivity contribution in [2.45, 2.75) is 24.3 Å². The summed E-state index contributed by atoms with van der Waals surface area (Å²) in [5, 5.41) is 10.5. The Morgan fingerprint density at radius 1 is 1.44 bits per heavy atom. The largest absolute Gasteiger partial charge is 0.465 e. The summed E-state index contributed by atoms with van der Waals surface area (Å²) in [5.74, 6) is 1.30. The van der Waals surface area contributed by atoms with Gasteiger partial charge in [0.15, 0.2) is 0 Å². The standard InChI is InChI=1S/C11H13NO4S2/c1-8-2-3-10(16-8)5-12-18(14,15)11-4-9(6-13)7-17-11/h2-4,7,12-13H,5-6H2,1H3. The second-order valence-electron chi connectivity index (χ2n) is 3.77. The smallest absolute Gasteiger partial charge is 0.250 e. The first kappa shape index (κ1) is 13.3. The Balaban J connectivity index is 2.07. The van der Waals surface area contributed by atoms with E-state index in [1.54, 1.807) is 24.4 Å². The van der Waals surface area contributed by atoms with Crippen LogP contribution in [-0.2, 0) is 23.2 Å². The molecule has 18 heavy (non-hydrogen) atoms. The quantitative estimate of drug-likeness (QED) is 0.876. The van der Waals surface area contributed by atoms with Gasteiger partial charge in [-0.1, -0.05) is 0 Å². The summed E-state index contributed by atoms with van der Waals surface area (Å²) in [6.07, 6.45) is 0. The van der Waals surface area contributed by atoms with Crippen LogP contribution in [0.15, 0.2) is 32.2 Å². The number of hydrogen-bond acceptors (Lipinski definition) is 5. The van der Waals surface area contributed by atoms with E-state index in [1.165, 1.54) is 6.07 Å². The molecular weight excluding hydrogens is 274 g/mol. The molecule has 0 saturated heterocycles. The van der Waals surface area contributed by atoms with Crippen molar-refractivity contribution < 1.29 is 17.9 Å². The molecule has 0 fully saturated rings. The molecule has 98 valence electrons. The second-order valence-corrected chi connectivity index (χ2v) is 6.67. The van der Waals surface area contributed by atoms with E-state index >= 15 is 0 Å². The van der Waals surface area contributed by atoms with Crippen LogP contribution in [0.2, 0.25) is 0 Å². The van der Waals surface area contributed by atoms with Gasteiger partial charge < -0.3 is 9.52 Å². The van der Waals surface area contributed by atoms with Crippen LogP contribution >= 0.6 is 11.3 Å². The molecule has 5 nitrogen and oxygen atoms in total. The molecule has 2 aromatic rings. The Hall–Kier alpha value is -1.15. The Morgan fingerprint density at radius 3 is 2.78 bits per heavy atom. The van der Waals surface area contributed by atoms with E-state index in [0.717, 1.165) is 17.1 Å². The van der Waals surface area contributed by atoms with Crippen molar-refractivity contribution >= 4 is 21.4 Å². The lowest BCUT2D eigenvalue weighted by Crippen LogP contribution is -2.22. The van der Waals surface area contributed by atoms with Crippen molar-refractivity contribution in [3.05, 3.63) is 40.7 Å². The van der Waals surface area contributed by atoms with Gasteiger partial charge in [-0.15, -0.1) is 11.3 Å². The van der Waals surface area contributed by atoms with Crippen LogP contribution in [0, 0.1) is 6.92 Å². The third kappa shape index (κ3) is 2.99. The highest BCUT2D eigenvalue weighted by Gasteiger charge is 2.16. The highest BCUT2D eigenvalue weighted by atomic mass is 32.2. The van der Waals surface area contributed by atoms with E-state index in [0.29, 0.717) is 11.3 Å². The van der Waals surface area contributed by atoms with Gasteiger partial charge in [0.05, 0.1) is 13.2 Å². The fraction of sp³-hybridized carbons (Fsp3) is 0.273. The minimum absolute atomic E-state index is 0.114. The van der Waals surface area contributed by atoms with Gasteiger partial charge >= 0.3 is 0 Å². The molecule has 0 atom stereocenters. The molecular formula is C11H13NO4S2. The van der Waals surface area contributed by atoms with E-state index in [1.807, 2.05) is 0 Å². The fourth-order valence-corrected chi connectivity index (χ4v) is 3.63. The van der Waals surface area contributed by atoms with Gasteiger partial charge in [0, 0.05) is 0 Å². The van der Waals surface area contributed by atoms with Crippen molar-refractivity contribution in [3.8, 4) is 0 Å². The zero-order chi connectivity index (χ0) is 13.2. The summed E-state index contributed by atoms with van der Waals surface area (Å²) in [7, 11) is -3.54. The van der Waals surface area contributed by atoms with E-state index in [4.69, 9.17) is 9.52 Å². The minimum Gasteiger partial charge on any atom is -0.465 e. The predicted molar refractivity (Wildman–Crippen MR) is 67.7 cm³/mol. The first-order chi connectivity index (χ1) is 8.51. The van der Waals surface area contributed by atoms with Gasteiger partial charge in [0.1, 0.15) is 15.7 Å². The lowest BCUT2D eigenvalue weighted by atomic mass is 10.4. The maximum atomic E-state index is 11.9. The maximum absolute atomic E-state index is 11.9. The van der Waals surface area contributed by atoms with Crippen LogP contribution in [0.3, 0.4) is 0 Å². The zero-order valence-electron chi connectivity index (χ0n) is 9.71. The van der Waals surface area contributed by atoms with Gasteiger partial charge in [-0.2, -0.15) is 0 Å². The molecule has 7 heteroatoms. The highest BCUT2D eigenvalue weighted by Crippen LogP contribution is 2.20. The molecule has 0 spiro atoms. The van der Waals surface area contributed by atoms with E-state index in [9.17, 15) is 8.42 Å². The van der Waals surface area contributed by atoms with Gasteiger partial charge in [-0.3, -0.25) is 0 Å². The zero-order valence-corrected chi connectivity index (χ0v) is 11.3. The SMILES string of the molecule is Cc1ccc(CNS(=O)(=O)c2cc(CO)cs2)o1. The summed E-state index contributed by atoms with van der Waals surface area (Å²) < 4.78 is 31.8. The molecule has 0 aliphatic heterocycles. The Morgan fingerprint density at radius 2 is 2.22 bits per heavy atom. The molecule has 0 amide bonds. The van der Waals surface area contributed by atoms with E-state index in [2.05, 4.69) is 4.72 Å². The number of furan rings is 1. The topological polar surface area (TPSA) is 79.5 Å². The number of aliphatic hydroxyl groups is 1. The monoisotopic (exact) mass is 287 g/mol. The predicted octanol–water partition coefficient (Wildman–Crippen LogP) is 1.62. The summed E-state index contributed by atoms with van der Waals surface area (Å²) in [6.45, 7) is 1.75. The average molecular weight is 287 g/mol. The molecule has 0 aromatic carbocycles. The number of thiophene rings is 1. The van der Waals surface area contributed by atoms with Crippen molar-refractivity contribution in [3.63, 3.8) is 0 Å². The fourth-order valence-electron chi connectivity index (χ4n) is 1.39. The molecule has 0 unspecified atom stereocenters. The maximum Gasteiger partial charge on any atom is 0.250 e. The molecule has 0 bridgehead atoms. The summed E-state index contributed by atoms with van der Waals surface area (Å²) in [6, 6.07) is 4.96.